The number of carbonyl (C=O) groups excluding carboxylic acids is 2. The Bertz CT molecular complexity index is 806. The maximum Gasteiger partial charge on any atom is 0.305 e. The van der Waals surface area contributed by atoms with Crippen molar-refractivity contribution in [3.63, 3.8) is 0 Å². The first-order valence-electron chi connectivity index (χ1n) is 9.44. The predicted octanol–water partition coefficient (Wildman–Crippen LogP) is 2.83. The zero-order chi connectivity index (χ0) is 19.4. The van der Waals surface area contributed by atoms with Crippen molar-refractivity contribution in [2.24, 2.45) is 5.92 Å². The fraction of sp³-hybridized carbons (Fsp3) is 0.476. The van der Waals surface area contributed by atoms with Crippen molar-refractivity contribution in [3.8, 4) is 5.69 Å². The summed E-state index contributed by atoms with van der Waals surface area (Å²) in [5.74, 6) is 0.274. The van der Waals surface area contributed by atoms with Crippen LogP contribution in [-0.4, -0.2) is 46.8 Å². The van der Waals surface area contributed by atoms with Gasteiger partial charge in [0.2, 0.25) is 5.91 Å². The first-order chi connectivity index (χ1) is 13.0. The molecule has 0 radical (unpaired) electrons. The maximum atomic E-state index is 12.8. The predicted molar refractivity (Wildman–Crippen MR) is 103 cm³/mol. The first kappa shape index (κ1) is 19.1. The molecule has 1 fully saturated rings. The van der Waals surface area contributed by atoms with Crippen LogP contribution in [0, 0.1) is 19.8 Å². The van der Waals surface area contributed by atoms with Gasteiger partial charge in [-0.15, -0.1) is 0 Å². The number of nitrogens with zero attached hydrogens (tertiary/aromatic N) is 3. The van der Waals surface area contributed by atoms with E-state index >= 15 is 0 Å². The third-order valence-electron chi connectivity index (χ3n) is 5.42. The minimum Gasteiger partial charge on any atom is -0.469 e. The molecule has 1 aliphatic heterocycles. The summed E-state index contributed by atoms with van der Waals surface area (Å²) >= 11 is 0. The lowest BCUT2D eigenvalue weighted by atomic mass is 9.93. The third-order valence-corrected chi connectivity index (χ3v) is 5.42. The number of carbonyl (C=O) groups is 2. The highest BCUT2D eigenvalue weighted by molar-refractivity contribution is 5.79. The van der Waals surface area contributed by atoms with E-state index in [9.17, 15) is 9.59 Å². The van der Waals surface area contributed by atoms with Gasteiger partial charge >= 0.3 is 5.97 Å². The van der Waals surface area contributed by atoms with E-state index < -0.39 is 0 Å². The lowest BCUT2D eigenvalue weighted by Gasteiger charge is -2.31. The number of aryl methyl sites for hydroxylation is 1. The molecule has 0 saturated carbocycles. The molecular formula is C21H27N3O3. The van der Waals surface area contributed by atoms with Crippen molar-refractivity contribution in [2.75, 3.05) is 20.2 Å². The van der Waals surface area contributed by atoms with E-state index in [1.54, 1.807) is 0 Å². The Morgan fingerprint density at radius 2 is 1.81 bits per heavy atom. The van der Waals surface area contributed by atoms with Crippen molar-refractivity contribution in [1.82, 2.24) is 14.7 Å². The summed E-state index contributed by atoms with van der Waals surface area (Å²) in [6.07, 6.45) is 2.51. The summed E-state index contributed by atoms with van der Waals surface area (Å²) in [4.78, 5) is 26.1. The highest BCUT2D eigenvalue weighted by atomic mass is 16.5. The van der Waals surface area contributed by atoms with Crippen LogP contribution in [0.4, 0.5) is 0 Å². The topological polar surface area (TPSA) is 64.4 Å². The minimum absolute atomic E-state index is 0.130. The van der Waals surface area contributed by atoms with Gasteiger partial charge in [-0.1, -0.05) is 18.2 Å². The van der Waals surface area contributed by atoms with Gasteiger partial charge in [-0.2, -0.15) is 5.10 Å². The van der Waals surface area contributed by atoms with E-state index in [4.69, 9.17) is 4.74 Å². The largest absolute Gasteiger partial charge is 0.469 e. The van der Waals surface area contributed by atoms with Crippen molar-refractivity contribution in [3.05, 3.63) is 47.3 Å². The highest BCUT2D eigenvalue weighted by Crippen LogP contribution is 2.23. The Balaban J connectivity index is 1.64. The molecule has 0 atom stereocenters. The second-order valence-corrected chi connectivity index (χ2v) is 7.18. The van der Waals surface area contributed by atoms with E-state index in [-0.39, 0.29) is 11.9 Å². The molecule has 0 unspecified atom stereocenters. The van der Waals surface area contributed by atoms with Crippen LogP contribution in [0.1, 0.15) is 36.2 Å². The maximum absolute atomic E-state index is 12.8. The average molecular weight is 369 g/mol. The number of para-hydroxylation sites is 1. The zero-order valence-electron chi connectivity index (χ0n) is 16.3. The highest BCUT2D eigenvalue weighted by Gasteiger charge is 2.26. The fourth-order valence-corrected chi connectivity index (χ4v) is 3.72. The molecule has 1 amide bonds. The van der Waals surface area contributed by atoms with Gasteiger partial charge in [0.1, 0.15) is 0 Å². The van der Waals surface area contributed by atoms with Gasteiger partial charge in [0.25, 0.3) is 0 Å². The second-order valence-electron chi connectivity index (χ2n) is 7.18. The average Bonchev–Trinajstić information content (AvgIpc) is 2.97. The van der Waals surface area contributed by atoms with Crippen LogP contribution in [0.3, 0.4) is 0 Å². The number of amides is 1. The molecule has 0 aliphatic carbocycles. The Morgan fingerprint density at radius 3 is 2.44 bits per heavy atom. The standard InChI is InChI=1S/C21H27N3O3/c1-15-19(16(2)24(22-15)18-7-5-4-6-8-18)14-20(25)23-11-9-17(10-12-23)13-21(26)27-3/h4-8,17H,9-14H2,1-3H3. The van der Waals surface area contributed by atoms with E-state index in [1.165, 1.54) is 7.11 Å². The quantitative estimate of drug-likeness (QED) is 0.760. The Kier molecular flexibility index (Phi) is 5.94. The Labute approximate surface area is 160 Å². The molecule has 6 heteroatoms. The van der Waals surface area contributed by atoms with E-state index in [1.807, 2.05) is 53.8 Å². The monoisotopic (exact) mass is 369 g/mol. The van der Waals surface area contributed by atoms with Crippen LogP contribution in [0.25, 0.3) is 5.69 Å². The minimum atomic E-state index is -0.167. The molecule has 2 aromatic rings. The summed E-state index contributed by atoms with van der Waals surface area (Å²) in [5, 5.41) is 4.63. The Hall–Kier alpha value is -2.63. The third kappa shape index (κ3) is 4.38. The van der Waals surface area contributed by atoms with Crippen LogP contribution in [0.2, 0.25) is 0 Å². The number of rotatable bonds is 5. The number of hydrogen-bond acceptors (Lipinski definition) is 4. The van der Waals surface area contributed by atoms with Gasteiger partial charge in [0.15, 0.2) is 0 Å². The van der Waals surface area contributed by atoms with Crippen molar-refractivity contribution >= 4 is 11.9 Å². The molecule has 6 nitrogen and oxygen atoms in total. The number of ether oxygens (including phenoxy) is 1. The summed E-state index contributed by atoms with van der Waals surface area (Å²) in [7, 11) is 1.42. The normalized spacial score (nSPS) is 15.0. The molecule has 1 aromatic heterocycles. The van der Waals surface area contributed by atoms with Gasteiger partial charge in [-0.05, 0) is 44.7 Å². The molecule has 3 rings (SSSR count). The summed E-state index contributed by atoms with van der Waals surface area (Å²) < 4.78 is 6.65. The van der Waals surface area contributed by atoms with Crippen LogP contribution in [0.5, 0.6) is 0 Å². The number of likely N-dealkylation sites (tertiary alicyclic amines) is 1. The molecule has 0 N–H and O–H groups in total. The molecule has 1 aromatic carbocycles. The van der Waals surface area contributed by atoms with Crippen molar-refractivity contribution in [1.29, 1.82) is 0 Å². The molecular weight excluding hydrogens is 342 g/mol. The number of aromatic nitrogens is 2. The summed E-state index contributed by atoms with van der Waals surface area (Å²) in [6, 6.07) is 9.96. The molecule has 27 heavy (non-hydrogen) atoms. The Morgan fingerprint density at radius 1 is 1.15 bits per heavy atom. The molecule has 1 aliphatic rings. The number of benzene rings is 1. The number of hydrogen-bond donors (Lipinski definition) is 0. The van der Waals surface area contributed by atoms with Gasteiger partial charge in [0.05, 0.1) is 24.9 Å². The zero-order valence-corrected chi connectivity index (χ0v) is 16.3. The van der Waals surface area contributed by atoms with E-state index in [2.05, 4.69) is 5.10 Å². The van der Waals surface area contributed by atoms with E-state index in [0.717, 1.165) is 35.5 Å². The molecule has 2 heterocycles. The molecule has 144 valence electrons. The summed E-state index contributed by atoms with van der Waals surface area (Å²) in [5.41, 5.74) is 3.90. The first-order valence-corrected chi connectivity index (χ1v) is 9.44. The van der Waals surface area contributed by atoms with Gasteiger partial charge in [-0.25, -0.2) is 4.68 Å². The van der Waals surface area contributed by atoms with Gasteiger partial charge in [0, 0.05) is 30.8 Å². The lowest BCUT2D eigenvalue weighted by molar-refractivity contribution is -0.142. The fourth-order valence-electron chi connectivity index (χ4n) is 3.72. The number of methoxy groups -OCH3 is 1. The smallest absolute Gasteiger partial charge is 0.305 e. The van der Waals surface area contributed by atoms with Crippen molar-refractivity contribution < 1.29 is 14.3 Å². The molecule has 1 saturated heterocycles. The number of esters is 1. The molecule has 0 bridgehead atoms. The van der Waals surface area contributed by atoms with Crippen LogP contribution in [0.15, 0.2) is 30.3 Å². The lowest BCUT2D eigenvalue weighted by Crippen LogP contribution is -2.39. The van der Waals surface area contributed by atoms with Crippen LogP contribution >= 0.6 is 0 Å². The molecule has 0 spiro atoms. The van der Waals surface area contributed by atoms with Crippen molar-refractivity contribution in [2.45, 2.75) is 39.5 Å². The second kappa shape index (κ2) is 8.37. The van der Waals surface area contributed by atoms with Gasteiger partial charge in [-0.3, -0.25) is 9.59 Å². The SMILES string of the molecule is COC(=O)CC1CCN(C(=O)Cc2c(C)nn(-c3ccccc3)c2C)CC1. The van der Waals surface area contributed by atoms with Gasteiger partial charge < -0.3 is 9.64 Å². The van der Waals surface area contributed by atoms with E-state index in [0.29, 0.717) is 31.8 Å². The van der Waals surface area contributed by atoms with Crippen LogP contribution < -0.4 is 0 Å². The number of piperidine rings is 1. The van der Waals surface area contributed by atoms with Crippen LogP contribution in [-0.2, 0) is 20.7 Å². The summed E-state index contributed by atoms with van der Waals surface area (Å²) in [6.45, 7) is 5.37.